The summed E-state index contributed by atoms with van der Waals surface area (Å²) in [7, 11) is 0. The number of nitrogens with zero attached hydrogens (tertiary/aromatic N) is 2. The average Bonchev–Trinajstić information content (AvgIpc) is 3.33. The Morgan fingerprint density at radius 3 is 2.39 bits per heavy atom. The van der Waals surface area contributed by atoms with Crippen LogP contribution < -0.4 is 10.6 Å². The SMILES string of the molecule is Cc1nn(Cc2ccccc2)c2sc(C(=O)NCCNC(=O)c3ccc(O)cc3)cc12. The predicted molar refractivity (Wildman–Crippen MR) is 121 cm³/mol. The highest BCUT2D eigenvalue weighted by atomic mass is 32.1. The quantitative estimate of drug-likeness (QED) is 0.389. The Balaban J connectivity index is 1.35. The maximum absolute atomic E-state index is 12.6. The monoisotopic (exact) mass is 434 g/mol. The molecule has 2 heterocycles. The van der Waals surface area contributed by atoms with E-state index in [1.54, 1.807) is 12.1 Å². The summed E-state index contributed by atoms with van der Waals surface area (Å²) < 4.78 is 1.93. The number of phenols is 1. The molecule has 0 atom stereocenters. The van der Waals surface area contributed by atoms with Gasteiger partial charge >= 0.3 is 0 Å². The molecule has 0 saturated carbocycles. The zero-order valence-corrected chi connectivity index (χ0v) is 17.8. The van der Waals surface area contributed by atoms with Gasteiger partial charge in [0, 0.05) is 24.0 Å². The van der Waals surface area contributed by atoms with Crippen molar-refractivity contribution in [2.45, 2.75) is 13.5 Å². The van der Waals surface area contributed by atoms with E-state index in [1.807, 2.05) is 35.9 Å². The largest absolute Gasteiger partial charge is 0.508 e. The summed E-state index contributed by atoms with van der Waals surface area (Å²) in [6.07, 6.45) is 0. The number of thiophene rings is 1. The molecular formula is C23H22N4O3S. The second-order valence-electron chi connectivity index (χ2n) is 7.12. The van der Waals surface area contributed by atoms with Gasteiger partial charge in [0.2, 0.25) is 0 Å². The number of rotatable bonds is 7. The van der Waals surface area contributed by atoms with E-state index >= 15 is 0 Å². The summed E-state index contributed by atoms with van der Waals surface area (Å²) in [5.74, 6) is -0.326. The van der Waals surface area contributed by atoms with Gasteiger partial charge in [-0.15, -0.1) is 11.3 Å². The molecule has 4 aromatic rings. The Bertz CT molecular complexity index is 1210. The minimum absolute atomic E-state index is 0.106. The number of hydrogen-bond donors (Lipinski definition) is 3. The van der Waals surface area contributed by atoms with Crippen LogP contribution >= 0.6 is 11.3 Å². The van der Waals surface area contributed by atoms with Crippen molar-refractivity contribution in [3.05, 3.63) is 82.4 Å². The Kier molecular flexibility index (Phi) is 5.99. The molecule has 7 nitrogen and oxygen atoms in total. The zero-order valence-electron chi connectivity index (χ0n) is 17.0. The van der Waals surface area contributed by atoms with Gasteiger partial charge in [0.15, 0.2) is 0 Å². The first-order chi connectivity index (χ1) is 15.0. The molecule has 31 heavy (non-hydrogen) atoms. The predicted octanol–water partition coefficient (Wildman–Crippen LogP) is 3.32. The van der Waals surface area contributed by atoms with Crippen molar-refractivity contribution in [3.8, 4) is 5.75 Å². The van der Waals surface area contributed by atoms with Gasteiger partial charge in [-0.25, -0.2) is 0 Å². The number of carbonyl (C=O) groups is 2. The number of hydrogen-bond acceptors (Lipinski definition) is 5. The van der Waals surface area contributed by atoms with Gasteiger partial charge in [-0.3, -0.25) is 14.3 Å². The number of benzene rings is 2. The van der Waals surface area contributed by atoms with Crippen molar-refractivity contribution in [2.75, 3.05) is 13.1 Å². The van der Waals surface area contributed by atoms with Crippen LogP contribution in [0.25, 0.3) is 10.2 Å². The van der Waals surface area contributed by atoms with Crippen LogP contribution in [0.2, 0.25) is 0 Å². The second kappa shape index (κ2) is 9.01. The van der Waals surface area contributed by atoms with Crippen molar-refractivity contribution in [2.24, 2.45) is 0 Å². The van der Waals surface area contributed by atoms with E-state index in [1.165, 1.54) is 23.5 Å². The smallest absolute Gasteiger partial charge is 0.261 e. The minimum Gasteiger partial charge on any atom is -0.508 e. The fourth-order valence-electron chi connectivity index (χ4n) is 3.24. The summed E-state index contributed by atoms with van der Waals surface area (Å²) in [5, 5.41) is 20.5. The summed E-state index contributed by atoms with van der Waals surface area (Å²) >= 11 is 1.41. The number of aromatic nitrogens is 2. The molecule has 0 bridgehead atoms. The number of amides is 2. The lowest BCUT2D eigenvalue weighted by Gasteiger charge is -2.06. The number of nitrogens with one attached hydrogen (secondary N) is 2. The molecule has 8 heteroatoms. The van der Waals surface area contributed by atoms with Crippen molar-refractivity contribution < 1.29 is 14.7 Å². The van der Waals surface area contributed by atoms with Crippen LogP contribution in [0, 0.1) is 6.92 Å². The molecule has 2 amide bonds. The van der Waals surface area contributed by atoms with Crippen LogP contribution in [0.4, 0.5) is 0 Å². The van der Waals surface area contributed by atoms with E-state index in [9.17, 15) is 14.7 Å². The fourth-order valence-corrected chi connectivity index (χ4v) is 4.32. The van der Waals surface area contributed by atoms with Gasteiger partial charge in [0.25, 0.3) is 11.8 Å². The molecule has 0 spiro atoms. The number of aromatic hydroxyl groups is 1. The summed E-state index contributed by atoms with van der Waals surface area (Å²) in [6, 6.07) is 17.9. The van der Waals surface area contributed by atoms with Crippen molar-refractivity contribution in [3.63, 3.8) is 0 Å². The van der Waals surface area contributed by atoms with E-state index in [0.717, 1.165) is 21.5 Å². The number of carbonyl (C=O) groups excluding carboxylic acids is 2. The molecule has 0 fully saturated rings. The Morgan fingerprint density at radius 1 is 1.00 bits per heavy atom. The normalized spacial score (nSPS) is 10.9. The third-order valence-electron chi connectivity index (χ3n) is 4.83. The fraction of sp³-hybridized carbons (Fsp3) is 0.174. The maximum Gasteiger partial charge on any atom is 0.261 e. The molecule has 0 aliphatic carbocycles. The molecule has 0 radical (unpaired) electrons. The van der Waals surface area contributed by atoms with Gasteiger partial charge in [0.1, 0.15) is 10.6 Å². The lowest BCUT2D eigenvalue weighted by atomic mass is 10.2. The van der Waals surface area contributed by atoms with Crippen molar-refractivity contribution in [1.82, 2.24) is 20.4 Å². The zero-order chi connectivity index (χ0) is 21.8. The molecule has 0 aliphatic rings. The number of fused-ring (bicyclic) bond motifs is 1. The summed E-state index contributed by atoms with van der Waals surface area (Å²) in [5.41, 5.74) is 2.49. The molecule has 3 N–H and O–H groups in total. The standard InChI is InChI=1S/C23H22N4O3S/c1-15-19-13-20(31-23(19)27(26-15)14-16-5-3-2-4-6-16)22(30)25-12-11-24-21(29)17-7-9-18(28)10-8-17/h2-10,13,28H,11-12,14H2,1H3,(H,24,29)(H,25,30). The molecule has 2 aromatic heterocycles. The van der Waals surface area contributed by atoms with Crippen LogP contribution in [0.15, 0.2) is 60.7 Å². The van der Waals surface area contributed by atoms with Crippen LogP contribution in [0.1, 0.15) is 31.3 Å². The summed E-state index contributed by atoms with van der Waals surface area (Å²) in [6.45, 7) is 3.20. The van der Waals surface area contributed by atoms with Crippen LogP contribution in [0.3, 0.4) is 0 Å². The van der Waals surface area contributed by atoms with Gasteiger partial charge in [-0.2, -0.15) is 5.10 Å². The molecule has 2 aromatic carbocycles. The van der Waals surface area contributed by atoms with Crippen LogP contribution in [0.5, 0.6) is 5.75 Å². The van der Waals surface area contributed by atoms with Crippen LogP contribution in [-0.2, 0) is 6.54 Å². The molecule has 4 rings (SSSR count). The van der Waals surface area contributed by atoms with E-state index in [2.05, 4.69) is 27.9 Å². The third kappa shape index (κ3) is 4.75. The first-order valence-electron chi connectivity index (χ1n) is 9.87. The molecule has 0 aliphatic heterocycles. The van der Waals surface area contributed by atoms with E-state index in [0.29, 0.717) is 30.1 Å². The summed E-state index contributed by atoms with van der Waals surface area (Å²) in [4.78, 5) is 26.2. The molecule has 0 unspecified atom stereocenters. The van der Waals surface area contributed by atoms with E-state index in [4.69, 9.17) is 0 Å². The topological polar surface area (TPSA) is 96.3 Å². The molecular weight excluding hydrogens is 412 g/mol. The lowest BCUT2D eigenvalue weighted by Crippen LogP contribution is -2.34. The van der Waals surface area contributed by atoms with E-state index < -0.39 is 0 Å². The molecule has 158 valence electrons. The van der Waals surface area contributed by atoms with Gasteiger partial charge in [0.05, 0.1) is 17.1 Å². The Labute approximate surface area is 183 Å². The Morgan fingerprint density at radius 2 is 1.68 bits per heavy atom. The highest BCUT2D eigenvalue weighted by Crippen LogP contribution is 2.28. The average molecular weight is 435 g/mol. The van der Waals surface area contributed by atoms with Gasteiger partial charge in [-0.1, -0.05) is 30.3 Å². The van der Waals surface area contributed by atoms with Crippen molar-refractivity contribution >= 4 is 33.4 Å². The first kappa shape index (κ1) is 20.6. The minimum atomic E-state index is -0.257. The number of phenolic OH excluding ortho intramolecular Hbond substituents is 1. The lowest BCUT2D eigenvalue weighted by molar-refractivity contribution is 0.0929. The van der Waals surface area contributed by atoms with Crippen molar-refractivity contribution in [1.29, 1.82) is 0 Å². The second-order valence-corrected chi connectivity index (χ2v) is 8.15. The Hall–Kier alpha value is -3.65. The maximum atomic E-state index is 12.6. The molecule has 0 saturated heterocycles. The van der Waals surface area contributed by atoms with Crippen LogP contribution in [-0.4, -0.2) is 39.8 Å². The highest BCUT2D eigenvalue weighted by Gasteiger charge is 2.16. The highest BCUT2D eigenvalue weighted by molar-refractivity contribution is 7.20. The first-order valence-corrected chi connectivity index (χ1v) is 10.7. The van der Waals surface area contributed by atoms with Gasteiger partial charge < -0.3 is 15.7 Å². The van der Waals surface area contributed by atoms with Gasteiger partial charge in [-0.05, 0) is 42.8 Å². The number of aryl methyl sites for hydroxylation is 1. The third-order valence-corrected chi connectivity index (χ3v) is 5.98. The van der Waals surface area contributed by atoms with E-state index in [-0.39, 0.29) is 17.6 Å².